The third kappa shape index (κ3) is 3.55. The summed E-state index contributed by atoms with van der Waals surface area (Å²) < 4.78 is 28.1. The van der Waals surface area contributed by atoms with Crippen LogP contribution in [0.2, 0.25) is 5.02 Å². The number of aryl methyl sites for hydroxylation is 1. The molecule has 1 fully saturated rings. The maximum atomic E-state index is 12.2. The van der Waals surface area contributed by atoms with Gasteiger partial charge in [-0.05, 0) is 18.6 Å². The number of phenolic OH excluding ortho intramolecular Hbond substituents is 1. The van der Waals surface area contributed by atoms with Gasteiger partial charge in [-0.3, -0.25) is 4.79 Å². The number of benzene rings is 1. The molecular formula is C16H16ClNO7S. The molecular weight excluding hydrogens is 386 g/mol. The van der Waals surface area contributed by atoms with E-state index in [1.807, 2.05) is 0 Å². The quantitative estimate of drug-likeness (QED) is 0.628. The number of halogens is 1. The van der Waals surface area contributed by atoms with Crippen LogP contribution in [-0.2, 0) is 21.1 Å². The molecule has 0 saturated carbocycles. The van der Waals surface area contributed by atoms with Crippen LogP contribution in [-0.4, -0.2) is 48.2 Å². The lowest BCUT2D eigenvalue weighted by atomic mass is 10.0. The van der Waals surface area contributed by atoms with Gasteiger partial charge in [0.05, 0.1) is 40.7 Å². The number of hydrogen-bond donors (Lipinski definition) is 3. The van der Waals surface area contributed by atoms with Gasteiger partial charge in [0.25, 0.3) is 0 Å². The van der Waals surface area contributed by atoms with Crippen LogP contribution < -0.4 is 10.9 Å². The van der Waals surface area contributed by atoms with Crippen molar-refractivity contribution in [1.29, 1.82) is 0 Å². The van der Waals surface area contributed by atoms with Gasteiger partial charge in [-0.1, -0.05) is 11.6 Å². The molecule has 2 heterocycles. The van der Waals surface area contributed by atoms with Gasteiger partial charge < -0.3 is 19.9 Å². The molecule has 1 saturated heterocycles. The monoisotopic (exact) mass is 401 g/mol. The minimum absolute atomic E-state index is 0.0733. The van der Waals surface area contributed by atoms with Crippen LogP contribution in [0.3, 0.4) is 0 Å². The van der Waals surface area contributed by atoms with E-state index in [2.05, 4.69) is 5.32 Å². The summed E-state index contributed by atoms with van der Waals surface area (Å²) in [6, 6.07) is 1.74. The van der Waals surface area contributed by atoms with Crippen LogP contribution in [0.15, 0.2) is 21.3 Å². The zero-order chi connectivity index (χ0) is 19.2. The van der Waals surface area contributed by atoms with Crippen molar-refractivity contribution in [3.63, 3.8) is 0 Å². The van der Waals surface area contributed by atoms with E-state index in [1.54, 1.807) is 6.92 Å². The Morgan fingerprint density at radius 1 is 1.38 bits per heavy atom. The van der Waals surface area contributed by atoms with Gasteiger partial charge in [0.2, 0.25) is 5.91 Å². The predicted octanol–water partition coefficient (Wildman–Crippen LogP) is 0.277. The van der Waals surface area contributed by atoms with Crippen molar-refractivity contribution in [3.8, 4) is 5.75 Å². The number of phenols is 1. The number of rotatable bonds is 3. The first kappa shape index (κ1) is 18.7. The van der Waals surface area contributed by atoms with Gasteiger partial charge in [-0.25, -0.2) is 13.2 Å². The van der Waals surface area contributed by atoms with Crippen LogP contribution in [0, 0.1) is 6.92 Å². The number of nitrogens with one attached hydrogen (secondary N) is 1. The Balaban J connectivity index is 1.88. The molecule has 2 atom stereocenters. The highest BCUT2D eigenvalue weighted by Crippen LogP contribution is 2.30. The molecule has 8 nitrogen and oxygen atoms in total. The molecule has 1 aromatic carbocycles. The maximum absolute atomic E-state index is 12.2. The van der Waals surface area contributed by atoms with E-state index in [-0.39, 0.29) is 34.1 Å². The molecule has 0 aliphatic carbocycles. The molecule has 26 heavy (non-hydrogen) atoms. The van der Waals surface area contributed by atoms with Gasteiger partial charge in [0.15, 0.2) is 9.84 Å². The summed E-state index contributed by atoms with van der Waals surface area (Å²) >= 11 is 5.88. The van der Waals surface area contributed by atoms with E-state index in [1.165, 1.54) is 12.1 Å². The average Bonchev–Trinajstić information content (AvgIpc) is 2.78. The van der Waals surface area contributed by atoms with E-state index in [9.17, 15) is 28.2 Å². The number of aromatic hydroxyl groups is 1. The van der Waals surface area contributed by atoms with Crippen molar-refractivity contribution in [1.82, 2.24) is 5.32 Å². The fourth-order valence-corrected chi connectivity index (χ4v) is 4.89. The van der Waals surface area contributed by atoms with Crippen LogP contribution in [0.1, 0.15) is 11.1 Å². The van der Waals surface area contributed by atoms with Crippen molar-refractivity contribution >= 4 is 38.3 Å². The lowest BCUT2D eigenvalue weighted by Crippen LogP contribution is -2.43. The Morgan fingerprint density at radius 3 is 2.69 bits per heavy atom. The van der Waals surface area contributed by atoms with E-state index in [0.717, 1.165) is 0 Å². The summed E-state index contributed by atoms with van der Waals surface area (Å²) in [6.07, 6.45) is -1.52. The second-order valence-corrected chi connectivity index (χ2v) is 8.85. The number of aliphatic hydroxyl groups excluding tert-OH is 1. The third-order valence-corrected chi connectivity index (χ3v) is 6.38. The number of carbonyl (C=O) groups is 1. The Morgan fingerprint density at radius 2 is 2.08 bits per heavy atom. The molecule has 0 unspecified atom stereocenters. The fourth-order valence-electron chi connectivity index (χ4n) is 2.99. The smallest absolute Gasteiger partial charge is 0.340 e. The number of sulfone groups is 1. The second-order valence-electron chi connectivity index (χ2n) is 6.29. The van der Waals surface area contributed by atoms with Crippen LogP contribution in [0.5, 0.6) is 5.75 Å². The summed E-state index contributed by atoms with van der Waals surface area (Å²) in [7, 11) is -3.40. The molecule has 0 radical (unpaired) electrons. The van der Waals surface area contributed by atoms with E-state index < -0.39 is 39.3 Å². The van der Waals surface area contributed by atoms with Gasteiger partial charge in [0.1, 0.15) is 11.3 Å². The lowest BCUT2D eigenvalue weighted by molar-refractivity contribution is -0.121. The second kappa shape index (κ2) is 6.57. The minimum atomic E-state index is -3.40. The SMILES string of the molecule is Cc1c(CC(=O)N[C@H]2CS(=O)(=O)C[C@@H]2O)c(=O)oc2cc(O)c(Cl)cc12. The summed E-state index contributed by atoms with van der Waals surface area (Å²) in [5.41, 5.74) is -0.0534. The zero-order valence-corrected chi connectivity index (χ0v) is 15.2. The highest BCUT2D eigenvalue weighted by molar-refractivity contribution is 7.91. The first-order valence-electron chi connectivity index (χ1n) is 7.70. The van der Waals surface area contributed by atoms with Gasteiger partial charge in [-0.2, -0.15) is 0 Å². The van der Waals surface area contributed by atoms with Crippen molar-refractivity contribution in [2.45, 2.75) is 25.5 Å². The summed E-state index contributed by atoms with van der Waals surface area (Å²) in [6.45, 7) is 1.62. The summed E-state index contributed by atoms with van der Waals surface area (Å²) in [5, 5.41) is 22.3. The number of fused-ring (bicyclic) bond motifs is 1. The number of carbonyl (C=O) groups excluding carboxylic acids is 1. The molecule has 0 bridgehead atoms. The molecule has 1 aliphatic heterocycles. The number of aliphatic hydroxyl groups is 1. The fraction of sp³-hybridized carbons (Fsp3) is 0.375. The molecule has 1 amide bonds. The zero-order valence-electron chi connectivity index (χ0n) is 13.7. The molecule has 3 rings (SSSR count). The topological polar surface area (TPSA) is 134 Å². The van der Waals surface area contributed by atoms with Crippen molar-refractivity contribution in [2.24, 2.45) is 0 Å². The Kier molecular flexibility index (Phi) is 4.72. The van der Waals surface area contributed by atoms with Gasteiger partial charge >= 0.3 is 5.63 Å². The van der Waals surface area contributed by atoms with E-state index >= 15 is 0 Å². The normalized spacial score (nSPS) is 21.8. The van der Waals surface area contributed by atoms with Crippen molar-refractivity contribution in [3.05, 3.63) is 38.7 Å². The first-order chi connectivity index (χ1) is 12.1. The first-order valence-corrected chi connectivity index (χ1v) is 9.90. The number of amides is 1. The molecule has 2 aromatic rings. The number of hydrogen-bond acceptors (Lipinski definition) is 7. The van der Waals surface area contributed by atoms with E-state index in [4.69, 9.17) is 16.0 Å². The maximum Gasteiger partial charge on any atom is 0.340 e. The van der Waals surface area contributed by atoms with Crippen LogP contribution in [0.4, 0.5) is 0 Å². The molecule has 1 aliphatic rings. The standard InChI is InChI=1S/C16H16ClNO7S/c1-7-8-2-10(17)12(19)4-14(8)25-16(22)9(7)3-15(21)18-11-5-26(23,24)6-13(11)20/h2,4,11,13,19-20H,3,5-6H2,1H3,(H,18,21)/t11-,13-/m0/s1. The highest BCUT2D eigenvalue weighted by Gasteiger charge is 2.37. The lowest BCUT2D eigenvalue weighted by Gasteiger charge is -2.15. The average molecular weight is 402 g/mol. The third-order valence-electron chi connectivity index (χ3n) is 4.36. The largest absolute Gasteiger partial charge is 0.506 e. The Bertz CT molecular complexity index is 1060. The molecule has 10 heteroatoms. The van der Waals surface area contributed by atoms with Crippen LogP contribution >= 0.6 is 11.6 Å². The Hall–Kier alpha value is -2.10. The van der Waals surface area contributed by atoms with Crippen molar-refractivity contribution in [2.75, 3.05) is 11.5 Å². The Labute approximate surface area is 153 Å². The summed E-state index contributed by atoms with van der Waals surface area (Å²) in [4.78, 5) is 24.4. The van der Waals surface area contributed by atoms with Crippen molar-refractivity contribution < 1.29 is 27.8 Å². The molecule has 3 N–H and O–H groups in total. The van der Waals surface area contributed by atoms with E-state index in [0.29, 0.717) is 10.9 Å². The summed E-state index contributed by atoms with van der Waals surface area (Å²) in [5.74, 6) is -1.59. The molecule has 140 valence electrons. The molecule has 1 aromatic heterocycles. The molecule has 0 spiro atoms. The van der Waals surface area contributed by atoms with Gasteiger partial charge in [-0.15, -0.1) is 0 Å². The minimum Gasteiger partial charge on any atom is -0.506 e. The van der Waals surface area contributed by atoms with Crippen LogP contribution in [0.25, 0.3) is 11.0 Å². The van der Waals surface area contributed by atoms with Gasteiger partial charge in [0, 0.05) is 11.5 Å². The highest BCUT2D eigenvalue weighted by atomic mass is 35.5. The predicted molar refractivity (Wildman–Crippen MR) is 94.2 cm³/mol.